The van der Waals surface area contributed by atoms with Gasteiger partial charge in [0.15, 0.2) is 0 Å². The summed E-state index contributed by atoms with van der Waals surface area (Å²) in [6.07, 6.45) is 1.18. The lowest BCUT2D eigenvalue weighted by atomic mass is 10.00. The van der Waals surface area contributed by atoms with E-state index in [1.54, 1.807) is 0 Å². The quantitative estimate of drug-likeness (QED) is 0.430. The van der Waals surface area contributed by atoms with Crippen molar-refractivity contribution in [3.05, 3.63) is 45.2 Å². The highest BCUT2D eigenvalue weighted by Gasteiger charge is 2.30. The normalized spacial score (nSPS) is 17.7. The highest BCUT2D eigenvalue weighted by molar-refractivity contribution is 8.02. The van der Waals surface area contributed by atoms with Gasteiger partial charge in [0.2, 0.25) is 12.1 Å². The van der Waals surface area contributed by atoms with Crippen LogP contribution < -0.4 is 5.32 Å². The number of nitrogens with zero attached hydrogens (tertiary/aromatic N) is 1. The fourth-order valence-electron chi connectivity index (χ4n) is 3.49. The van der Waals surface area contributed by atoms with Crippen molar-refractivity contribution in [3.63, 3.8) is 0 Å². The molecule has 1 aliphatic rings. The Morgan fingerprint density at radius 3 is 2.70 bits per heavy atom. The lowest BCUT2D eigenvalue weighted by Gasteiger charge is -2.36. The monoisotopic (exact) mass is 460 g/mol. The lowest BCUT2D eigenvalue weighted by molar-refractivity contribution is -0.152. The molecule has 166 valence electrons. The number of methoxy groups -OCH3 is 2. The topological polar surface area (TPSA) is 88.1 Å². The van der Waals surface area contributed by atoms with Crippen molar-refractivity contribution >= 4 is 35.2 Å². The highest BCUT2D eigenvalue weighted by Crippen LogP contribution is 2.31. The average molecular weight is 461 g/mol. The number of ether oxygens (including phenoxy) is 2. The Morgan fingerprint density at radius 1 is 1.40 bits per heavy atom. The number of ketones is 1. The van der Waals surface area contributed by atoms with Gasteiger partial charge in [-0.2, -0.15) is 0 Å². The van der Waals surface area contributed by atoms with E-state index >= 15 is 0 Å². The van der Waals surface area contributed by atoms with E-state index < -0.39 is 24.0 Å². The predicted molar refractivity (Wildman–Crippen MR) is 114 cm³/mol. The third kappa shape index (κ3) is 6.34. The highest BCUT2D eigenvalue weighted by atomic mass is 35.5. The number of hydrogen-bond donors (Lipinski definition) is 2. The molecule has 0 saturated carbocycles. The maximum absolute atomic E-state index is 13.8. The third-order valence-electron chi connectivity index (χ3n) is 4.80. The lowest BCUT2D eigenvalue weighted by Crippen LogP contribution is -2.47. The summed E-state index contributed by atoms with van der Waals surface area (Å²) in [5.41, 5.74) is 0.842. The minimum absolute atomic E-state index is 0.0857. The molecule has 1 fully saturated rings. The van der Waals surface area contributed by atoms with Gasteiger partial charge in [0.1, 0.15) is 5.82 Å². The molecule has 0 bridgehead atoms. The molecule has 2 N–H and O–H groups in total. The molecule has 30 heavy (non-hydrogen) atoms. The number of Topliss-reactive ketones (excluding diaryl/α,β-unsaturated/α-hetero) is 1. The summed E-state index contributed by atoms with van der Waals surface area (Å²) in [6.45, 7) is 1.08. The van der Waals surface area contributed by atoms with Gasteiger partial charge >= 0.3 is 6.09 Å². The summed E-state index contributed by atoms with van der Waals surface area (Å²) in [7, 11) is 2.73. The minimum Gasteiger partial charge on any atom is -0.465 e. The number of hydrogen-bond acceptors (Lipinski definition) is 6. The van der Waals surface area contributed by atoms with E-state index in [-0.39, 0.29) is 12.5 Å². The number of piperidine rings is 1. The summed E-state index contributed by atoms with van der Waals surface area (Å²) < 4.78 is 24.1. The number of likely N-dealkylation sites (tertiary alicyclic amines) is 1. The largest absolute Gasteiger partial charge is 0.465 e. The van der Waals surface area contributed by atoms with Crippen LogP contribution in [0, 0.1) is 5.82 Å². The standard InChI is InChI=1S/C20H26ClFN2O5S/c1-28-19(29-2)17(25)15(10-12-9-13(22)6-7-16(12)21)18(30-3)24-8-4-5-14(11-24)23-20(26)27/h6-7,9,14,19,23H,4-5,8,10-11H2,1-3H3,(H,26,27)/b18-15-/t14-/m1/s1. The van der Waals surface area contributed by atoms with Gasteiger partial charge in [-0.15, -0.1) is 11.8 Å². The van der Waals surface area contributed by atoms with Crippen molar-refractivity contribution in [2.45, 2.75) is 31.6 Å². The molecule has 1 aromatic rings. The fraction of sp³-hybridized carbons (Fsp3) is 0.500. The van der Waals surface area contributed by atoms with Crippen molar-refractivity contribution < 1.29 is 28.6 Å². The first-order chi connectivity index (χ1) is 14.3. The minimum atomic E-state index is -1.12. The van der Waals surface area contributed by atoms with E-state index in [0.717, 1.165) is 6.42 Å². The van der Waals surface area contributed by atoms with Crippen molar-refractivity contribution in [1.82, 2.24) is 10.2 Å². The van der Waals surface area contributed by atoms with Crippen molar-refractivity contribution in [2.24, 2.45) is 0 Å². The van der Waals surface area contributed by atoms with E-state index in [2.05, 4.69) is 5.32 Å². The summed E-state index contributed by atoms with van der Waals surface area (Å²) >= 11 is 7.61. The van der Waals surface area contributed by atoms with Crippen LogP contribution in [0.2, 0.25) is 5.02 Å². The molecule has 0 spiro atoms. The number of carbonyl (C=O) groups is 2. The van der Waals surface area contributed by atoms with Crippen LogP contribution in [0.25, 0.3) is 0 Å². The zero-order valence-electron chi connectivity index (χ0n) is 17.1. The number of thioether (sulfide) groups is 1. The van der Waals surface area contributed by atoms with Crippen LogP contribution in [-0.2, 0) is 20.7 Å². The second-order valence-electron chi connectivity index (χ2n) is 6.80. The summed E-state index contributed by atoms with van der Waals surface area (Å²) in [5.74, 6) is -0.844. The van der Waals surface area contributed by atoms with Crippen LogP contribution in [0.1, 0.15) is 18.4 Å². The molecule has 0 aliphatic carbocycles. The van der Waals surface area contributed by atoms with Crippen LogP contribution in [0.15, 0.2) is 28.8 Å². The molecular formula is C20H26ClFN2O5S. The summed E-state index contributed by atoms with van der Waals surface area (Å²) in [4.78, 5) is 26.2. The van der Waals surface area contributed by atoms with Crippen molar-refractivity contribution in [3.8, 4) is 0 Å². The Kier molecular flexibility index (Phi) is 9.41. The van der Waals surface area contributed by atoms with E-state index in [4.69, 9.17) is 26.2 Å². The zero-order chi connectivity index (χ0) is 22.3. The summed E-state index contributed by atoms with van der Waals surface area (Å²) in [6, 6.07) is 3.75. The van der Waals surface area contributed by atoms with Gasteiger partial charge in [-0.25, -0.2) is 9.18 Å². The molecule has 1 amide bonds. The molecular weight excluding hydrogens is 435 g/mol. The smallest absolute Gasteiger partial charge is 0.404 e. The van der Waals surface area contributed by atoms with Crippen molar-refractivity contribution in [2.75, 3.05) is 33.6 Å². The third-order valence-corrected chi connectivity index (χ3v) is 6.06. The van der Waals surface area contributed by atoms with Crippen LogP contribution in [-0.4, -0.2) is 67.8 Å². The van der Waals surface area contributed by atoms with Gasteiger partial charge in [-0.3, -0.25) is 4.79 Å². The first-order valence-corrected chi connectivity index (χ1v) is 11.0. The number of nitrogens with one attached hydrogen (secondary N) is 1. The first-order valence-electron chi connectivity index (χ1n) is 9.36. The molecule has 1 aromatic carbocycles. The van der Waals surface area contributed by atoms with Gasteiger partial charge in [0, 0.05) is 50.4 Å². The summed E-state index contributed by atoms with van der Waals surface area (Å²) in [5, 5.41) is 12.6. The van der Waals surface area contributed by atoms with Crippen LogP contribution >= 0.6 is 23.4 Å². The maximum Gasteiger partial charge on any atom is 0.404 e. The molecule has 1 aliphatic heterocycles. The van der Waals surface area contributed by atoms with Gasteiger partial charge in [-0.05, 0) is 42.9 Å². The Hall–Kier alpha value is -1.81. The average Bonchev–Trinajstić information content (AvgIpc) is 2.71. The molecule has 1 heterocycles. The second-order valence-corrected chi connectivity index (χ2v) is 8.00. The number of amides is 1. The van der Waals surface area contributed by atoms with Gasteiger partial charge < -0.3 is 24.8 Å². The van der Waals surface area contributed by atoms with Gasteiger partial charge in [-0.1, -0.05) is 11.6 Å². The van der Waals surface area contributed by atoms with Gasteiger partial charge in [0.05, 0.1) is 5.03 Å². The first kappa shape index (κ1) is 24.5. The molecule has 7 nitrogen and oxygen atoms in total. The molecule has 0 radical (unpaired) electrons. The predicted octanol–water partition coefficient (Wildman–Crippen LogP) is 3.52. The fourth-order valence-corrected chi connectivity index (χ4v) is 4.51. The molecule has 0 unspecified atom stereocenters. The molecule has 1 saturated heterocycles. The van der Waals surface area contributed by atoms with E-state index in [1.165, 1.54) is 44.2 Å². The number of carboxylic acid groups (broad SMARTS) is 1. The Labute approximate surface area is 184 Å². The van der Waals surface area contributed by atoms with Crippen LogP contribution in [0.5, 0.6) is 0 Å². The Balaban J connectivity index is 2.47. The number of carbonyl (C=O) groups excluding carboxylic acids is 1. The number of halogens is 2. The molecule has 10 heteroatoms. The van der Waals surface area contributed by atoms with Crippen LogP contribution in [0.3, 0.4) is 0 Å². The second kappa shape index (κ2) is 11.5. The Morgan fingerprint density at radius 2 is 2.10 bits per heavy atom. The van der Waals surface area contributed by atoms with Crippen LogP contribution in [0.4, 0.5) is 9.18 Å². The van der Waals surface area contributed by atoms with E-state index in [1.807, 2.05) is 11.2 Å². The molecule has 0 aromatic heterocycles. The Bertz CT molecular complexity index is 803. The van der Waals surface area contributed by atoms with Gasteiger partial charge in [0.25, 0.3) is 0 Å². The molecule has 2 rings (SSSR count). The van der Waals surface area contributed by atoms with Crippen molar-refractivity contribution in [1.29, 1.82) is 0 Å². The van der Waals surface area contributed by atoms with E-state index in [9.17, 15) is 14.0 Å². The number of benzene rings is 1. The van der Waals surface area contributed by atoms with E-state index in [0.29, 0.717) is 40.7 Å². The SMILES string of the molecule is COC(OC)C(=O)/C(Cc1cc(F)ccc1Cl)=C(\SC)N1CCC[C@@H](NC(=O)O)C1. The maximum atomic E-state index is 13.8. The zero-order valence-corrected chi connectivity index (χ0v) is 18.7. The number of rotatable bonds is 9. The molecule has 1 atom stereocenters.